The van der Waals surface area contributed by atoms with Crippen LogP contribution in [0.25, 0.3) is 0 Å². The molecule has 2 fully saturated rings. The first kappa shape index (κ1) is 13.8. The number of ether oxygens (including phenoxy) is 3. The quantitative estimate of drug-likeness (QED) is 0.792. The van der Waals surface area contributed by atoms with Gasteiger partial charge in [-0.2, -0.15) is 0 Å². The number of hydrogen-bond donors (Lipinski definition) is 0. The van der Waals surface area contributed by atoms with E-state index in [2.05, 4.69) is 17.0 Å². The summed E-state index contributed by atoms with van der Waals surface area (Å²) in [6.07, 6.45) is 3.75. The number of hydrogen-bond acceptors (Lipinski definition) is 5. The number of carbonyl (C=O) groups excluding carboxylic acids is 1. The summed E-state index contributed by atoms with van der Waals surface area (Å²) in [6.45, 7) is 2.36. The Kier molecular flexibility index (Phi) is 2.83. The van der Waals surface area contributed by atoms with Gasteiger partial charge in [0.25, 0.3) is 0 Å². The molecular weight excluding hydrogens is 294 g/mol. The molecule has 1 aromatic rings. The third-order valence-electron chi connectivity index (χ3n) is 6.23. The van der Waals surface area contributed by atoms with Crippen LogP contribution in [0.5, 0.6) is 11.5 Å². The van der Waals surface area contributed by atoms with Crippen molar-refractivity contribution in [2.24, 2.45) is 0 Å². The van der Waals surface area contributed by atoms with Gasteiger partial charge in [-0.25, -0.2) is 0 Å². The molecule has 1 unspecified atom stereocenters. The Morgan fingerprint density at radius 2 is 2.09 bits per heavy atom. The molecule has 1 spiro atoms. The van der Waals surface area contributed by atoms with Gasteiger partial charge in [-0.15, -0.1) is 0 Å². The molecule has 3 atom stereocenters. The first-order valence-electron chi connectivity index (χ1n) is 8.47. The fraction of sp³-hybridized carbons (Fsp3) is 0.611. The lowest BCUT2D eigenvalue weighted by Gasteiger charge is -2.37. The van der Waals surface area contributed by atoms with E-state index in [9.17, 15) is 4.79 Å². The smallest absolute Gasteiger partial charge is 0.231 e. The molecule has 122 valence electrons. The van der Waals surface area contributed by atoms with Gasteiger partial charge >= 0.3 is 0 Å². The second-order valence-corrected chi connectivity index (χ2v) is 7.11. The van der Waals surface area contributed by atoms with E-state index in [1.54, 1.807) is 7.11 Å². The molecule has 5 heteroatoms. The van der Waals surface area contributed by atoms with Gasteiger partial charge in [-0.05, 0) is 49.1 Å². The van der Waals surface area contributed by atoms with Crippen molar-refractivity contribution in [3.05, 3.63) is 23.3 Å². The topological polar surface area (TPSA) is 48.0 Å². The third kappa shape index (κ3) is 1.72. The average molecular weight is 315 g/mol. The molecule has 3 aliphatic heterocycles. The van der Waals surface area contributed by atoms with Crippen molar-refractivity contribution in [2.45, 2.75) is 43.2 Å². The van der Waals surface area contributed by atoms with Gasteiger partial charge in [0.1, 0.15) is 6.10 Å². The van der Waals surface area contributed by atoms with Gasteiger partial charge in [0, 0.05) is 25.6 Å². The van der Waals surface area contributed by atoms with Gasteiger partial charge in [-0.1, -0.05) is 0 Å². The summed E-state index contributed by atoms with van der Waals surface area (Å²) in [4.78, 5) is 15.6. The highest BCUT2D eigenvalue weighted by Gasteiger charge is 2.59. The normalized spacial score (nSPS) is 34.9. The predicted octanol–water partition coefficient (Wildman–Crippen LogP) is 1.88. The van der Waals surface area contributed by atoms with Crippen molar-refractivity contribution < 1.29 is 19.0 Å². The summed E-state index contributed by atoms with van der Waals surface area (Å²) in [5.41, 5.74) is 2.32. The first-order chi connectivity index (χ1) is 11.2. The zero-order chi connectivity index (χ0) is 15.6. The first-order valence-corrected chi connectivity index (χ1v) is 8.47. The fourth-order valence-corrected chi connectivity index (χ4v) is 5.22. The lowest BCUT2D eigenvalue weighted by Crippen LogP contribution is -2.46. The number of methoxy groups -OCH3 is 1. The number of ketones is 1. The van der Waals surface area contributed by atoms with Gasteiger partial charge in [0.05, 0.1) is 5.92 Å². The molecule has 1 saturated heterocycles. The van der Waals surface area contributed by atoms with Crippen LogP contribution in [0, 0.1) is 0 Å². The monoisotopic (exact) mass is 315 g/mol. The molecule has 1 saturated carbocycles. The molecule has 0 amide bonds. The molecule has 0 aromatic heterocycles. The molecule has 23 heavy (non-hydrogen) atoms. The van der Waals surface area contributed by atoms with Crippen molar-refractivity contribution >= 4 is 5.78 Å². The Balaban J connectivity index is 1.70. The fourth-order valence-electron chi connectivity index (χ4n) is 5.22. The molecule has 3 heterocycles. The van der Waals surface area contributed by atoms with Crippen molar-refractivity contribution in [3.8, 4) is 11.5 Å². The standard InChI is InChI=1S/C18H21NO4/c1-21-15-9-18-4-2-5-19(18)6-3-11-7-13-14(23-10-22-13)8-12(11)16(18)17(15)20/h7-8,15-16H,2-6,9-10H2,1H3/t15?,16-,18+/m1/s1. The van der Waals surface area contributed by atoms with Crippen molar-refractivity contribution in [1.29, 1.82) is 0 Å². The second kappa shape index (κ2) is 4.71. The van der Waals surface area contributed by atoms with E-state index in [-0.39, 0.29) is 30.1 Å². The summed E-state index contributed by atoms with van der Waals surface area (Å²) in [7, 11) is 1.66. The summed E-state index contributed by atoms with van der Waals surface area (Å²) in [5.74, 6) is 1.73. The van der Waals surface area contributed by atoms with E-state index < -0.39 is 0 Å². The Morgan fingerprint density at radius 1 is 1.26 bits per heavy atom. The molecule has 5 rings (SSSR count). The van der Waals surface area contributed by atoms with Crippen LogP contribution in [-0.2, 0) is 16.0 Å². The minimum absolute atomic E-state index is 0.0588. The van der Waals surface area contributed by atoms with Crippen molar-refractivity contribution in [1.82, 2.24) is 4.90 Å². The van der Waals surface area contributed by atoms with Gasteiger partial charge in [0.2, 0.25) is 6.79 Å². The van der Waals surface area contributed by atoms with E-state index in [4.69, 9.17) is 14.2 Å². The van der Waals surface area contributed by atoms with Crippen LogP contribution in [0.3, 0.4) is 0 Å². The number of Topliss-reactive ketones (excluding diaryl/α,β-unsaturated/α-hetero) is 1. The maximum Gasteiger partial charge on any atom is 0.231 e. The van der Waals surface area contributed by atoms with Gasteiger partial charge < -0.3 is 14.2 Å². The van der Waals surface area contributed by atoms with Gasteiger partial charge in [0.15, 0.2) is 17.3 Å². The minimum Gasteiger partial charge on any atom is -0.454 e. The maximum absolute atomic E-state index is 13.1. The summed E-state index contributed by atoms with van der Waals surface area (Å²) in [6, 6.07) is 4.14. The molecule has 1 aromatic carbocycles. The lowest BCUT2D eigenvalue weighted by atomic mass is 9.79. The molecule has 5 nitrogen and oxygen atoms in total. The predicted molar refractivity (Wildman–Crippen MR) is 83.0 cm³/mol. The molecular formula is C18H21NO4. The Morgan fingerprint density at radius 3 is 2.91 bits per heavy atom. The second-order valence-electron chi connectivity index (χ2n) is 7.11. The van der Waals surface area contributed by atoms with E-state index in [1.807, 2.05) is 0 Å². The molecule has 0 radical (unpaired) electrons. The Hall–Kier alpha value is -1.59. The van der Waals surface area contributed by atoms with Crippen LogP contribution >= 0.6 is 0 Å². The van der Waals surface area contributed by atoms with E-state index in [1.165, 1.54) is 12.0 Å². The Labute approximate surface area is 135 Å². The van der Waals surface area contributed by atoms with Crippen molar-refractivity contribution in [3.63, 3.8) is 0 Å². The van der Waals surface area contributed by atoms with Crippen LogP contribution in [0.15, 0.2) is 12.1 Å². The van der Waals surface area contributed by atoms with Crippen LogP contribution in [0.4, 0.5) is 0 Å². The molecule has 0 bridgehead atoms. The van der Waals surface area contributed by atoms with Gasteiger partial charge in [-0.3, -0.25) is 9.69 Å². The molecule has 1 aliphatic carbocycles. The lowest BCUT2D eigenvalue weighted by molar-refractivity contribution is -0.127. The Bertz CT molecular complexity index is 688. The highest BCUT2D eigenvalue weighted by atomic mass is 16.7. The number of benzene rings is 1. The van der Waals surface area contributed by atoms with Crippen LogP contribution in [0.2, 0.25) is 0 Å². The van der Waals surface area contributed by atoms with Crippen LogP contribution in [-0.4, -0.2) is 49.3 Å². The SMILES string of the molecule is COC1C[C@]23CCCN2CCc2cc4c(cc2[C@@H]3C1=O)OCO4. The van der Waals surface area contributed by atoms with E-state index in [0.29, 0.717) is 0 Å². The molecule has 0 N–H and O–H groups in total. The van der Waals surface area contributed by atoms with E-state index in [0.717, 1.165) is 49.4 Å². The minimum atomic E-state index is -0.281. The van der Waals surface area contributed by atoms with Crippen LogP contribution < -0.4 is 9.47 Å². The molecule has 4 aliphatic rings. The highest BCUT2D eigenvalue weighted by molar-refractivity contribution is 5.94. The summed E-state index contributed by atoms with van der Waals surface area (Å²) < 4.78 is 16.6. The third-order valence-corrected chi connectivity index (χ3v) is 6.23. The highest BCUT2D eigenvalue weighted by Crippen LogP contribution is 2.54. The average Bonchev–Trinajstić information content (AvgIpc) is 3.21. The summed E-state index contributed by atoms with van der Waals surface area (Å²) in [5, 5.41) is 0. The largest absolute Gasteiger partial charge is 0.454 e. The number of carbonyl (C=O) groups is 1. The number of rotatable bonds is 1. The zero-order valence-electron chi connectivity index (χ0n) is 13.3. The summed E-state index contributed by atoms with van der Waals surface area (Å²) >= 11 is 0. The zero-order valence-corrected chi connectivity index (χ0v) is 13.3. The van der Waals surface area contributed by atoms with Crippen molar-refractivity contribution in [2.75, 3.05) is 27.0 Å². The van der Waals surface area contributed by atoms with Crippen LogP contribution in [0.1, 0.15) is 36.3 Å². The number of fused-ring (bicyclic) bond motifs is 3. The maximum atomic E-state index is 13.1. The number of nitrogens with zero attached hydrogens (tertiary/aromatic N) is 1. The van der Waals surface area contributed by atoms with E-state index >= 15 is 0 Å².